The number of rotatable bonds is 5. The Morgan fingerprint density at radius 2 is 1.71 bits per heavy atom. The van der Waals surface area contributed by atoms with Crippen molar-refractivity contribution in [2.45, 2.75) is 19.3 Å². The van der Waals surface area contributed by atoms with E-state index >= 15 is 0 Å². The second-order valence-electron chi connectivity index (χ2n) is 7.71. The Labute approximate surface area is 189 Å². The topological polar surface area (TPSA) is 101 Å². The highest BCUT2D eigenvalue weighted by atomic mass is 79.9. The van der Waals surface area contributed by atoms with Crippen molar-refractivity contribution in [2.24, 2.45) is 5.73 Å². The van der Waals surface area contributed by atoms with Crippen molar-refractivity contribution >= 4 is 45.1 Å². The normalized spacial score (nSPS) is 16.8. The summed E-state index contributed by atoms with van der Waals surface area (Å²) >= 11 is 3.54. The van der Waals surface area contributed by atoms with E-state index in [0.29, 0.717) is 43.2 Å². The molecule has 8 nitrogen and oxygen atoms in total. The first-order valence-electron chi connectivity index (χ1n) is 10.5. The van der Waals surface area contributed by atoms with Gasteiger partial charge in [-0.1, -0.05) is 0 Å². The quantitative estimate of drug-likeness (QED) is 0.671. The maximum Gasteiger partial charge on any atom is 0.254 e. The Kier molecular flexibility index (Phi) is 6.72. The molecule has 3 N–H and O–H groups in total. The number of primary amides is 1. The van der Waals surface area contributed by atoms with Gasteiger partial charge >= 0.3 is 0 Å². The molecule has 2 aliphatic rings. The Hall–Kier alpha value is -2.65. The van der Waals surface area contributed by atoms with Crippen molar-refractivity contribution in [1.29, 1.82) is 0 Å². The zero-order valence-corrected chi connectivity index (χ0v) is 18.9. The molecule has 0 saturated carbocycles. The van der Waals surface area contributed by atoms with Crippen LogP contribution < -0.4 is 16.0 Å². The Morgan fingerprint density at radius 3 is 2.35 bits per heavy atom. The molecule has 2 fully saturated rings. The van der Waals surface area contributed by atoms with Gasteiger partial charge in [0.15, 0.2) is 0 Å². The molecule has 0 bridgehead atoms. The predicted molar refractivity (Wildman–Crippen MR) is 123 cm³/mol. The van der Waals surface area contributed by atoms with Crippen LogP contribution in [0, 0.1) is 0 Å². The molecule has 0 aliphatic carbocycles. The summed E-state index contributed by atoms with van der Waals surface area (Å²) in [4.78, 5) is 33.4. The van der Waals surface area contributed by atoms with E-state index < -0.39 is 5.91 Å². The molecule has 164 valence electrons. The summed E-state index contributed by atoms with van der Waals surface area (Å²) in [6.45, 7) is 4.19. The van der Waals surface area contributed by atoms with Crippen molar-refractivity contribution < 1.29 is 14.3 Å². The second kappa shape index (κ2) is 9.65. The van der Waals surface area contributed by atoms with Crippen LogP contribution in [0.25, 0.3) is 0 Å². The van der Waals surface area contributed by atoms with Crippen molar-refractivity contribution in [3.63, 3.8) is 0 Å². The first kappa shape index (κ1) is 21.6. The van der Waals surface area contributed by atoms with Crippen LogP contribution in [0.5, 0.6) is 0 Å². The smallest absolute Gasteiger partial charge is 0.254 e. The minimum Gasteiger partial charge on any atom is -0.378 e. The van der Waals surface area contributed by atoms with Crippen LogP contribution in [-0.2, 0) is 4.74 Å². The number of carbonyl (C=O) groups excluding carboxylic acids is 2. The van der Waals surface area contributed by atoms with E-state index in [2.05, 4.69) is 26.1 Å². The Balaban J connectivity index is 1.56. The van der Waals surface area contributed by atoms with Crippen molar-refractivity contribution in [3.8, 4) is 0 Å². The molecule has 0 spiro atoms. The van der Waals surface area contributed by atoms with E-state index in [-0.39, 0.29) is 5.91 Å². The zero-order valence-electron chi connectivity index (χ0n) is 17.3. The molecule has 4 rings (SSSR count). The van der Waals surface area contributed by atoms with Gasteiger partial charge in [0.05, 0.1) is 23.2 Å². The summed E-state index contributed by atoms with van der Waals surface area (Å²) in [6, 6.07) is 8.88. The van der Waals surface area contributed by atoms with Gasteiger partial charge in [-0.2, -0.15) is 0 Å². The lowest BCUT2D eigenvalue weighted by atomic mass is 10.1. The van der Waals surface area contributed by atoms with Gasteiger partial charge in [0.1, 0.15) is 11.6 Å². The van der Waals surface area contributed by atoms with Crippen LogP contribution in [0.1, 0.15) is 40.0 Å². The molecule has 0 radical (unpaired) electrons. The number of benzene rings is 1. The van der Waals surface area contributed by atoms with E-state index in [0.717, 1.165) is 41.9 Å². The highest BCUT2D eigenvalue weighted by Crippen LogP contribution is 2.32. The van der Waals surface area contributed by atoms with Crippen LogP contribution in [0.3, 0.4) is 0 Å². The van der Waals surface area contributed by atoms with Crippen LogP contribution in [-0.4, -0.2) is 61.1 Å². The average Bonchev–Trinajstić information content (AvgIpc) is 2.81. The third-order valence-electron chi connectivity index (χ3n) is 5.57. The predicted octanol–water partition coefficient (Wildman–Crippen LogP) is 3.15. The number of hydrogen-bond acceptors (Lipinski definition) is 6. The Morgan fingerprint density at radius 1 is 1.03 bits per heavy atom. The fourth-order valence-corrected chi connectivity index (χ4v) is 4.44. The first-order chi connectivity index (χ1) is 15.0. The fraction of sp³-hybridized carbons (Fsp3) is 0.409. The summed E-state index contributed by atoms with van der Waals surface area (Å²) in [5, 5.41) is 3.20. The third-order valence-corrected chi connectivity index (χ3v) is 6.16. The van der Waals surface area contributed by atoms with E-state index in [9.17, 15) is 9.59 Å². The molecular weight excluding hydrogens is 462 g/mol. The molecule has 2 saturated heterocycles. The summed E-state index contributed by atoms with van der Waals surface area (Å²) in [5.41, 5.74) is 7.24. The lowest BCUT2D eigenvalue weighted by molar-refractivity contribution is 0.0303. The van der Waals surface area contributed by atoms with Crippen LogP contribution >= 0.6 is 15.9 Å². The van der Waals surface area contributed by atoms with Gasteiger partial charge in [-0.3, -0.25) is 9.59 Å². The van der Waals surface area contributed by atoms with E-state index in [1.807, 2.05) is 12.1 Å². The maximum absolute atomic E-state index is 12.6. The second-order valence-corrected chi connectivity index (χ2v) is 8.56. The number of ether oxygens (including phenoxy) is 1. The van der Waals surface area contributed by atoms with Gasteiger partial charge < -0.3 is 25.6 Å². The first-order valence-corrected chi connectivity index (χ1v) is 11.3. The lowest BCUT2D eigenvalue weighted by Crippen LogP contribution is -2.40. The zero-order chi connectivity index (χ0) is 21.8. The van der Waals surface area contributed by atoms with Crippen LogP contribution in [0.15, 0.2) is 34.8 Å². The van der Waals surface area contributed by atoms with E-state index in [4.69, 9.17) is 15.5 Å². The third kappa shape index (κ3) is 4.99. The number of anilines is 3. The summed E-state index contributed by atoms with van der Waals surface area (Å²) in [6.07, 6.45) is 3.45. The fourth-order valence-electron chi connectivity index (χ4n) is 3.87. The number of amides is 2. The summed E-state index contributed by atoms with van der Waals surface area (Å²) < 4.78 is 6.06. The van der Waals surface area contributed by atoms with Gasteiger partial charge in [0.25, 0.3) is 11.8 Å². The molecule has 3 heterocycles. The molecule has 31 heavy (non-hydrogen) atoms. The molecule has 1 aromatic carbocycles. The van der Waals surface area contributed by atoms with Gasteiger partial charge in [-0.05, 0) is 65.5 Å². The minimum absolute atomic E-state index is 0.0122. The van der Waals surface area contributed by atoms with Gasteiger partial charge in [0, 0.05) is 37.4 Å². The molecule has 2 aliphatic heterocycles. The Bertz CT molecular complexity index is 954. The number of nitrogens with zero attached hydrogens (tertiary/aromatic N) is 3. The molecule has 2 amide bonds. The summed E-state index contributed by atoms with van der Waals surface area (Å²) in [5.74, 6) is 0.636. The number of pyridine rings is 1. The van der Waals surface area contributed by atoms with E-state index in [1.54, 1.807) is 23.1 Å². The van der Waals surface area contributed by atoms with E-state index in [1.165, 1.54) is 6.42 Å². The molecule has 1 aromatic heterocycles. The highest BCUT2D eigenvalue weighted by molar-refractivity contribution is 9.10. The monoisotopic (exact) mass is 487 g/mol. The van der Waals surface area contributed by atoms with Gasteiger partial charge in [0.2, 0.25) is 0 Å². The van der Waals surface area contributed by atoms with Gasteiger partial charge in [-0.25, -0.2) is 4.98 Å². The van der Waals surface area contributed by atoms with Gasteiger partial charge in [-0.15, -0.1) is 0 Å². The lowest BCUT2D eigenvalue weighted by Gasteiger charge is -2.29. The molecule has 9 heteroatoms. The minimum atomic E-state index is -0.556. The maximum atomic E-state index is 12.6. The molecule has 0 atom stereocenters. The molecule has 2 aromatic rings. The number of aromatic nitrogens is 1. The average molecular weight is 488 g/mol. The number of nitrogens with one attached hydrogen (secondary N) is 1. The standard InChI is InChI=1S/C22H26BrN5O3/c23-18-14-17(19(24)29)20(26-21(18)27-8-2-1-3-9-27)25-16-6-4-15(5-7-16)22(30)28-10-12-31-13-11-28/h4-7,14H,1-3,8-13H2,(H2,24,29)(H,25,26). The van der Waals surface area contributed by atoms with Crippen LogP contribution in [0.4, 0.5) is 17.3 Å². The SMILES string of the molecule is NC(=O)c1cc(Br)c(N2CCCCC2)nc1Nc1ccc(C(=O)N2CCOCC2)cc1. The van der Waals surface area contributed by atoms with Crippen molar-refractivity contribution in [1.82, 2.24) is 9.88 Å². The summed E-state index contributed by atoms with van der Waals surface area (Å²) in [7, 11) is 0. The highest BCUT2D eigenvalue weighted by Gasteiger charge is 2.21. The largest absolute Gasteiger partial charge is 0.378 e. The molecule has 0 unspecified atom stereocenters. The number of carbonyl (C=O) groups is 2. The number of hydrogen-bond donors (Lipinski definition) is 2. The number of morpholine rings is 1. The number of nitrogens with two attached hydrogens (primary N) is 1. The number of halogens is 1. The van der Waals surface area contributed by atoms with Crippen molar-refractivity contribution in [2.75, 3.05) is 49.6 Å². The number of piperidine rings is 1. The van der Waals surface area contributed by atoms with Crippen LogP contribution in [0.2, 0.25) is 0 Å². The van der Waals surface area contributed by atoms with Crippen molar-refractivity contribution in [3.05, 3.63) is 45.9 Å². The molecular formula is C22H26BrN5O3.